The van der Waals surface area contributed by atoms with Gasteiger partial charge in [0, 0.05) is 0 Å². The van der Waals surface area contributed by atoms with Crippen molar-refractivity contribution in [2.75, 3.05) is 5.32 Å². The first-order valence-electron chi connectivity index (χ1n) is 4.93. The molecule has 0 spiro atoms. The van der Waals surface area contributed by atoms with Crippen LogP contribution < -0.4 is 5.32 Å². The fourth-order valence-corrected chi connectivity index (χ4v) is 1.35. The lowest BCUT2D eigenvalue weighted by Gasteiger charge is -2.10. The zero-order chi connectivity index (χ0) is 15.0. The number of hydrogen-bond donors (Lipinski definition) is 1. The van der Waals surface area contributed by atoms with Crippen molar-refractivity contribution in [1.82, 2.24) is 4.98 Å². The maximum atomic E-state index is 13.3. The third-order valence-electron chi connectivity index (χ3n) is 2.29. The Bertz CT molecular complexity index is 661. The number of hydrogen-bond acceptors (Lipinski definition) is 2. The zero-order valence-corrected chi connectivity index (χ0v) is 9.25. The van der Waals surface area contributed by atoms with Crippen LogP contribution in [0.3, 0.4) is 0 Å². The highest BCUT2D eigenvalue weighted by molar-refractivity contribution is 5.61. The number of aromatic nitrogens is 1. The van der Waals surface area contributed by atoms with Gasteiger partial charge in [0.25, 0.3) is 11.9 Å². The molecule has 0 bridgehead atoms. The minimum atomic E-state index is -1.98. The smallest absolute Gasteiger partial charge is 0.253 e. The summed E-state index contributed by atoms with van der Waals surface area (Å²) in [7, 11) is 0. The van der Waals surface area contributed by atoms with E-state index in [1.807, 2.05) is 0 Å². The molecule has 0 atom stereocenters. The van der Waals surface area contributed by atoms with Crippen molar-refractivity contribution < 1.29 is 30.7 Å². The van der Waals surface area contributed by atoms with Crippen molar-refractivity contribution in [2.24, 2.45) is 0 Å². The lowest BCUT2D eigenvalue weighted by atomic mass is 10.2. The second-order valence-electron chi connectivity index (χ2n) is 3.54. The molecule has 2 aromatic rings. The summed E-state index contributed by atoms with van der Waals surface area (Å²) >= 11 is 0. The Balaban J connectivity index is 2.54. The van der Waals surface area contributed by atoms with E-state index in [1.165, 1.54) is 0 Å². The van der Waals surface area contributed by atoms with E-state index < -0.39 is 52.4 Å². The number of anilines is 2. The molecule has 0 radical (unpaired) electrons. The SMILES string of the molecule is Fc1ccc(Nc2c(F)c(F)nc(F)c2F)c(F)c1F. The predicted octanol–water partition coefficient (Wildman–Crippen LogP) is 3.80. The molecule has 1 aromatic heterocycles. The van der Waals surface area contributed by atoms with E-state index in [4.69, 9.17) is 0 Å². The normalized spacial score (nSPS) is 10.8. The van der Waals surface area contributed by atoms with Gasteiger partial charge in [-0.2, -0.15) is 22.5 Å². The quantitative estimate of drug-likeness (QED) is 0.518. The average Bonchev–Trinajstić information content (AvgIpc) is 2.41. The van der Waals surface area contributed by atoms with Gasteiger partial charge in [-0.05, 0) is 12.1 Å². The van der Waals surface area contributed by atoms with Crippen LogP contribution in [0, 0.1) is 41.0 Å². The number of benzene rings is 1. The standard InChI is InChI=1S/C11H3F7N2/c12-3-1-2-4(6(14)5(3)13)19-9-7(15)10(17)20-11(18)8(9)16/h1-2H,(H,19,20). The first-order chi connectivity index (χ1) is 9.32. The van der Waals surface area contributed by atoms with Gasteiger partial charge >= 0.3 is 0 Å². The van der Waals surface area contributed by atoms with Crippen molar-refractivity contribution in [3.63, 3.8) is 0 Å². The van der Waals surface area contributed by atoms with E-state index in [0.717, 1.165) is 0 Å². The number of halogens is 7. The highest BCUT2D eigenvalue weighted by Crippen LogP contribution is 2.28. The summed E-state index contributed by atoms with van der Waals surface area (Å²) < 4.78 is 91.0. The fourth-order valence-electron chi connectivity index (χ4n) is 1.35. The van der Waals surface area contributed by atoms with E-state index in [9.17, 15) is 30.7 Å². The second kappa shape index (κ2) is 4.99. The minimum absolute atomic E-state index is 0.463. The molecule has 0 aliphatic heterocycles. The van der Waals surface area contributed by atoms with Crippen LogP contribution in [-0.2, 0) is 0 Å². The average molecular weight is 296 g/mol. The van der Waals surface area contributed by atoms with Gasteiger partial charge in [0.2, 0.25) is 11.6 Å². The summed E-state index contributed by atoms with van der Waals surface area (Å²) in [5.74, 6) is -13.1. The molecule has 0 saturated carbocycles. The number of pyridine rings is 1. The molecule has 2 nitrogen and oxygen atoms in total. The molecular formula is C11H3F7N2. The van der Waals surface area contributed by atoms with Gasteiger partial charge in [-0.1, -0.05) is 0 Å². The van der Waals surface area contributed by atoms with E-state index >= 15 is 0 Å². The first kappa shape index (κ1) is 14.1. The van der Waals surface area contributed by atoms with Gasteiger partial charge in [-0.15, -0.1) is 0 Å². The maximum Gasteiger partial charge on any atom is 0.253 e. The summed E-state index contributed by atoms with van der Waals surface area (Å²) in [6.45, 7) is 0. The lowest BCUT2D eigenvalue weighted by Crippen LogP contribution is -2.07. The molecule has 20 heavy (non-hydrogen) atoms. The molecular weight excluding hydrogens is 293 g/mol. The molecule has 1 N–H and O–H groups in total. The number of rotatable bonds is 2. The fraction of sp³-hybridized carbons (Fsp3) is 0. The summed E-state index contributed by atoms with van der Waals surface area (Å²) in [5.41, 5.74) is -2.33. The molecule has 9 heteroatoms. The third-order valence-corrected chi connectivity index (χ3v) is 2.29. The Hall–Kier alpha value is -2.32. The number of nitrogens with one attached hydrogen (secondary N) is 1. The molecule has 0 amide bonds. The van der Waals surface area contributed by atoms with Crippen LogP contribution in [-0.4, -0.2) is 4.98 Å². The Morgan fingerprint density at radius 1 is 0.700 bits per heavy atom. The lowest BCUT2D eigenvalue weighted by molar-refractivity contribution is 0.411. The van der Waals surface area contributed by atoms with Gasteiger partial charge in [-0.3, -0.25) is 0 Å². The Labute approximate surface area is 106 Å². The van der Waals surface area contributed by atoms with E-state index in [2.05, 4.69) is 4.98 Å². The first-order valence-corrected chi connectivity index (χ1v) is 4.93. The van der Waals surface area contributed by atoms with Gasteiger partial charge < -0.3 is 5.32 Å². The minimum Gasteiger partial charge on any atom is -0.348 e. The number of nitrogens with zero attached hydrogens (tertiary/aromatic N) is 1. The van der Waals surface area contributed by atoms with Crippen LogP contribution in [0.15, 0.2) is 12.1 Å². The third kappa shape index (κ3) is 2.26. The van der Waals surface area contributed by atoms with Crippen molar-refractivity contribution in [2.45, 2.75) is 0 Å². The molecule has 0 saturated heterocycles. The van der Waals surface area contributed by atoms with Crippen LogP contribution >= 0.6 is 0 Å². The molecule has 106 valence electrons. The van der Waals surface area contributed by atoms with E-state index in [-0.39, 0.29) is 0 Å². The van der Waals surface area contributed by atoms with Gasteiger partial charge in [0.1, 0.15) is 5.69 Å². The summed E-state index contributed by atoms with van der Waals surface area (Å²) in [6.07, 6.45) is 0. The predicted molar refractivity (Wildman–Crippen MR) is 53.7 cm³/mol. The molecule has 1 heterocycles. The Morgan fingerprint density at radius 3 is 1.80 bits per heavy atom. The van der Waals surface area contributed by atoms with Gasteiger partial charge in [0.15, 0.2) is 17.5 Å². The van der Waals surface area contributed by atoms with Gasteiger partial charge in [-0.25, -0.2) is 13.2 Å². The molecule has 0 aliphatic carbocycles. The van der Waals surface area contributed by atoms with Crippen LogP contribution in [0.2, 0.25) is 0 Å². The topological polar surface area (TPSA) is 24.9 Å². The second-order valence-corrected chi connectivity index (χ2v) is 3.54. The van der Waals surface area contributed by atoms with Crippen molar-refractivity contribution >= 4 is 11.4 Å². The molecule has 1 aromatic carbocycles. The Morgan fingerprint density at radius 2 is 1.25 bits per heavy atom. The molecule has 0 aliphatic rings. The van der Waals surface area contributed by atoms with Crippen LogP contribution in [0.4, 0.5) is 42.1 Å². The van der Waals surface area contributed by atoms with Crippen LogP contribution in [0.5, 0.6) is 0 Å². The van der Waals surface area contributed by atoms with Crippen molar-refractivity contribution in [3.05, 3.63) is 53.1 Å². The molecule has 0 fully saturated rings. The summed E-state index contributed by atoms with van der Waals surface area (Å²) in [6, 6.07) is 1.06. The Kier molecular flexibility index (Phi) is 3.51. The highest BCUT2D eigenvalue weighted by atomic mass is 19.2. The highest BCUT2D eigenvalue weighted by Gasteiger charge is 2.23. The maximum absolute atomic E-state index is 13.3. The largest absolute Gasteiger partial charge is 0.348 e. The van der Waals surface area contributed by atoms with Crippen LogP contribution in [0.1, 0.15) is 0 Å². The monoisotopic (exact) mass is 296 g/mol. The van der Waals surface area contributed by atoms with E-state index in [1.54, 1.807) is 5.32 Å². The van der Waals surface area contributed by atoms with Crippen LogP contribution in [0.25, 0.3) is 0 Å². The van der Waals surface area contributed by atoms with Crippen molar-refractivity contribution in [1.29, 1.82) is 0 Å². The molecule has 2 rings (SSSR count). The zero-order valence-electron chi connectivity index (χ0n) is 9.25. The summed E-state index contributed by atoms with van der Waals surface area (Å²) in [4.78, 5) is 2.28. The van der Waals surface area contributed by atoms with E-state index in [0.29, 0.717) is 12.1 Å². The summed E-state index contributed by atoms with van der Waals surface area (Å²) in [5, 5.41) is 1.61. The van der Waals surface area contributed by atoms with Crippen molar-refractivity contribution in [3.8, 4) is 0 Å². The van der Waals surface area contributed by atoms with Gasteiger partial charge in [0.05, 0.1) is 5.69 Å². The molecule has 0 unspecified atom stereocenters.